The van der Waals surface area contributed by atoms with E-state index in [9.17, 15) is 4.79 Å². The second kappa shape index (κ2) is 3.90. The summed E-state index contributed by atoms with van der Waals surface area (Å²) in [5, 5.41) is 3.81. The van der Waals surface area contributed by atoms with Crippen LogP contribution in [0.3, 0.4) is 0 Å². The normalized spacial score (nSPS) is 22.6. The Morgan fingerprint density at radius 2 is 2.36 bits per heavy atom. The van der Waals surface area contributed by atoms with Gasteiger partial charge in [0.25, 0.3) is 0 Å². The van der Waals surface area contributed by atoms with Gasteiger partial charge in [0.1, 0.15) is 5.78 Å². The van der Waals surface area contributed by atoms with Gasteiger partial charge in [-0.3, -0.25) is 4.79 Å². The van der Waals surface area contributed by atoms with E-state index >= 15 is 0 Å². The molecule has 1 saturated carbocycles. The summed E-state index contributed by atoms with van der Waals surface area (Å²) < 4.78 is 5.08. The maximum absolute atomic E-state index is 11.6. The minimum absolute atomic E-state index is 0.128. The number of aryl methyl sites for hydroxylation is 1. The number of carbonyl (C=O) groups excluding carboxylic acids is 1. The predicted molar refractivity (Wildman–Crippen MR) is 49.9 cm³/mol. The molecule has 2 rings (SSSR count). The second-order valence-electron chi connectivity index (χ2n) is 3.67. The summed E-state index contributed by atoms with van der Waals surface area (Å²) in [5.74, 6) is 1.34. The Morgan fingerprint density at radius 1 is 1.50 bits per heavy atom. The molecule has 1 fully saturated rings. The minimum Gasteiger partial charge on any atom is -0.339 e. The van der Waals surface area contributed by atoms with Crippen LogP contribution in [0.1, 0.15) is 50.2 Å². The average molecular weight is 194 g/mol. The van der Waals surface area contributed by atoms with Crippen molar-refractivity contribution in [2.24, 2.45) is 0 Å². The summed E-state index contributed by atoms with van der Waals surface area (Å²) in [4.78, 5) is 15.8. The minimum atomic E-state index is -0.128. The van der Waals surface area contributed by atoms with Crippen molar-refractivity contribution in [1.82, 2.24) is 10.1 Å². The molecule has 1 aliphatic rings. The Kier molecular flexibility index (Phi) is 2.61. The molecule has 0 N–H and O–H groups in total. The van der Waals surface area contributed by atoms with Crippen LogP contribution in [0.2, 0.25) is 0 Å². The van der Waals surface area contributed by atoms with E-state index in [-0.39, 0.29) is 11.7 Å². The average Bonchev–Trinajstić information content (AvgIpc) is 2.67. The number of aromatic nitrogens is 2. The molecule has 1 heterocycles. The molecule has 0 saturated heterocycles. The molecule has 1 atom stereocenters. The SMILES string of the molecule is CCc1noc(C2CCCCC2=O)n1. The van der Waals surface area contributed by atoms with Crippen molar-refractivity contribution in [1.29, 1.82) is 0 Å². The molecule has 0 amide bonds. The Bertz CT molecular complexity index is 333. The first kappa shape index (κ1) is 9.37. The molecule has 1 aromatic heterocycles. The van der Waals surface area contributed by atoms with E-state index in [1.54, 1.807) is 0 Å². The van der Waals surface area contributed by atoms with Crippen LogP contribution in [-0.2, 0) is 11.2 Å². The van der Waals surface area contributed by atoms with E-state index < -0.39 is 0 Å². The highest BCUT2D eigenvalue weighted by atomic mass is 16.5. The first-order valence-electron chi connectivity index (χ1n) is 5.16. The first-order chi connectivity index (χ1) is 6.81. The lowest BCUT2D eigenvalue weighted by Crippen LogP contribution is -2.17. The van der Waals surface area contributed by atoms with Crippen LogP contribution >= 0.6 is 0 Å². The van der Waals surface area contributed by atoms with Crippen molar-refractivity contribution < 1.29 is 9.32 Å². The van der Waals surface area contributed by atoms with Gasteiger partial charge >= 0.3 is 0 Å². The lowest BCUT2D eigenvalue weighted by molar-refractivity contribution is -0.122. The Labute approximate surface area is 82.7 Å². The molecule has 1 unspecified atom stereocenters. The standard InChI is InChI=1S/C10H14N2O2/c1-2-9-11-10(14-12-9)7-5-3-4-6-8(7)13/h7H,2-6H2,1H3. The molecule has 0 aliphatic heterocycles. The number of carbonyl (C=O) groups is 1. The van der Waals surface area contributed by atoms with E-state index in [0.717, 1.165) is 25.7 Å². The van der Waals surface area contributed by atoms with Gasteiger partial charge in [-0.05, 0) is 12.8 Å². The predicted octanol–water partition coefficient (Wildman–Crippen LogP) is 1.86. The van der Waals surface area contributed by atoms with Gasteiger partial charge in [-0.15, -0.1) is 0 Å². The zero-order valence-electron chi connectivity index (χ0n) is 8.32. The van der Waals surface area contributed by atoms with Crippen LogP contribution in [0.15, 0.2) is 4.52 Å². The smallest absolute Gasteiger partial charge is 0.237 e. The molecule has 0 spiro atoms. The topological polar surface area (TPSA) is 56.0 Å². The third-order valence-corrected chi connectivity index (χ3v) is 2.65. The molecule has 1 aromatic rings. The van der Waals surface area contributed by atoms with Crippen LogP contribution < -0.4 is 0 Å². The van der Waals surface area contributed by atoms with Gasteiger partial charge in [0.15, 0.2) is 5.82 Å². The summed E-state index contributed by atoms with van der Waals surface area (Å²) in [6.07, 6.45) is 4.37. The number of ketones is 1. The van der Waals surface area contributed by atoms with Crippen molar-refractivity contribution in [2.45, 2.75) is 44.9 Å². The van der Waals surface area contributed by atoms with Crippen molar-refractivity contribution in [2.75, 3.05) is 0 Å². The van der Waals surface area contributed by atoms with Gasteiger partial charge in [-0.1, -0.05) is 18.5 Å². The molecular formula is C10H14N2O2. The number of rotatable bonds is 2. The highest BCUT2D eigenvalue weighted by Crippen LogP contribution is 2.28. The van der Waals surface area contributed by atoms with Crippen LogP contribution in [0, 0.1) is 0 Å². The number of hydrogen-bond donors (Lipinski definition) is 0. The maximum atomic E-state index is 11.6. The summed E-state index contributed by atoms with van der Waals surface area (Å²) in [5.41, 5.74) is 0. The fourth-order valence-electron chi connectivity index (χ4n) is 1.80. The van der Waals surface area contributed by atoms with Crippen molar-refractivity contribution in [3.8, 4) is 0 Å². The summed E-state index contributed by atoms with van der Waals surface area (Å²) >= 11 is 0. The van der Waals surface area contributed by atoms with E-state index in [1.165, 1.54) is 0 Å². The van der Waals surface area contributed by atoms with Gasteiger partial charge in [0.2, 0.25) is 5.89 Å². The second-order valence-corrected chi connectivity index (χ2v) is 3.67. The fourth-order valence-corrected chi connectivity index (χ4v) is 1.80. The molecule has 14 heavy (non-hydrogen) atoms. The van der Waals surface area contributed by atoms with Gasteiger partial charge in [-0.25, -0.2) is 0 Å². The molecule has 0 aromatic carbocycles. The summed E-state index contributed by atoms with van der Waals surface area (Å²) in [6, 6.07) is 0. The van der Waals surface area contributed by atoms with E-state index in [0.29, 0.717) is 18.1 Å². The van der Waals surface area contributed by atoms with Crippen LogP contribution in [0.5, 0.6) is 0 Å². The number of nitrogens with zero attached hydrogens (tertiary/aromatic N) is 2. The highest BCUT2D eigenvalue weighted by molar-refractivity contribution is 5.85. The Hall–Kier alpha value is -1.19. The largest absolute Gasteiger partial charge is 0.339 e. The van der Waals surface area contributed by atoms with Gasteiger partial charge in [0.05, 0.1) is 5.92 Å². The lowest BCUT2D eigenvalue weighted by atomic mass is 9.88. The van der Waals surface area contributed by atoms with Crippen LogP contribution in [0.4, 0.5) is 0 Å². The molecule has 76 valence electrons. The molecule has 1 aliphatic carbocycles. The van der Waals surface area contributed by atoms with Gasteiger partial charge in [-0.2, -0.15) is 4.98 Å². The van der Waals surface area contributed by atoms with E-state index in [1.807, 2.05) is 6.92 Å². The maximum Gasteiger partial charge on any atom is 0.237 e. The first-order valence-corrected chi connectivity index (χ1v) is 5.16. The third kappa shape index (κ3) is 1.69. The molecule has 4 heteroatoms. The Morgan fingerprint density at radius 3 is 3.00 bits per heavy atom. The lowest BCUT2D eigenvalue weighted by Gasteiger charge is -2.16. The van der Waals surface area contributed by atoms with Crippen molar-refractivity contribution in [3.63, 3.8) is 0 Å². The molecule has 4 nitrogen and oxygen atoms in total. The van der Waals surface area contributed by atoms with Gasteiger partial charge in [0, 0.05) is 12.8 Å². The molecular weight excluding hydrogens is 180 g/mol. The summed E-state index contributed by atoms with van der Waals surface area (Å²) in [7, 11) is 0. The third-order valence-electron chi connectivity index (χ3n) is 2.65. The molecule has 0 radical (unpaired) electrons. The Balaban J connectivity index is 2.16. The quantitative estimate of drug-likeness (QED) is 0.721. The molecule has 0 bridgehead atoms. The monoisotopic (exact) mass is 194 g/mol. The van der Waals surface area contributed by atoms with Crippen LogP contribution in [-0.4, -0.2) is 15.9 Å². The summed E-state index contributed by atoms with van der Waals surface area (Å²) in [6.45, 7) is 1.97. The van der Waals surface area contributed by atoms with Gasteiger partial charge < -0.3 is 4.52 Å². The fraction of sp³-hybridized carbons (Fsp3) is 0.700. The zero-order chi connectivity index (χ0) is 9.97. The number of hydrogen-bond acceptors (Lipinski definition) is 4. The van der Waals surface area contributed by atoms with Crippen LogP contribution in [0.25, 0.3) is 0 Å². The van der Waals surface area contributed by atoms with Crippen molar-refractivity contribution >= 4 is 5.78 Å². The highest BCUT2D eigenvalue weighted by Gasteiger charge is 2.28. The van der Waals surface area contributed by atoms with E-state index in [2.05, 4.69) is 10.1 Å². The van der Waals surface area contributed by atoms with E-state index in [4.69, 9.17) is 4.52 Å². The number of Topliss-reactive ketones (excluding diaryl/α,β-unsaturated/α-hetero) is 1. The zero-order valence-corrected chi connectivity index (χ0v) is 8.32. The van der Waals surface area contributed by atoms with Crippen molar-refractivity contribution in [3.05, 3.63) is 11.7 Å².